The molecule has 1 aliphatic rings. The summed E-state index contributed by atoms with van der Waals surface area (Å²) in [5, 5.41) is 3.46. The van der Waals surface area contributed by atoms with Crippen molar-refractivity contribution in [2.24, 2.45) is 5.92 Å². The molecule has 0 radical (unpaired) electrons. The molecule has 0 aromatic carbocycles. The summed E-state index contributed by atoms with van der Waals surface area (Å²) in [6, 6.07) is 0.552. The molecule has 2 atom stereocenters. The van der Waals surface area contributed by atoms with E-state index in [4.69, 9.17) is 5.73 Å². The maximum absolute atomic E-state index is 5.96. The van der Waals surface area contributed by atoms with Gasteiger partial charge in [0.1, 0.15) is 17.5 Å². The van der Waals surface area contributed by atoms with Gasteiger partial charge in [0.25, 0.3) is 0 Å². The zero-order valence-corrected chi connectivity index (χ0v) is 11.3. The number of aromatic nitrogens is 2. The van der Waals surface area contributed by atoms with Gasteiger partial charge in [0.2, 0.25) is 0 Å². The first-order valence-corrected chi connectivity index (χ1v) is 6.20. The number of rotatable bonds is 2. The second-order valence-electron chi connectivity index (χ2n) is 6.12. The number of nitrogens with zero attached hydrogens (tertiary/aromatic N) is 2. The van der Waals surface area contributed by atoms with E-state index >= 15 is 0 Å². The minimum Gasteiger partial charge on any atom is -0.383 e. The van der Waals surface area contributed by atoms with Gasteiger partial charge in [-0.25, -0.2) is 9.97 Å². The van der Waals surface area contributed by atoms with Crippen LogP contribution in [0.2, 0.25) is 0 Å². The fraction of sp³-hybridized carbons (Fsp3) is 0.692. The lowest BCUT2D eigenvalue weighted by Gasteiger charge is -2.19. The summed E-state index contributed by atoms with van der Waals surface area (Å²) in [6.45, 7) is 10.5. The van der Waals surface area contributed by atoms with Crippen molar-refractivity contribution in [2.45, 2.75) is 52.5 Å². The highest BCUT2D eigenvalue weighted by Gasteiger charge is 2.33. The van der Waals surface area contributed by atoms with Crippen LogP contribution < -0.4 is 11.1 Å². The van der Waals surface area contributed by atoms with Crippen LogP contribution in [-0.4, -0.2) is 16.0 Å². The molecule has 1 saturated carbocycles. The molecule has 17 heavy (non-hydrogen) atoms. The summed E-state index contributed by atoms with van der Waals surface area (Å²) in [5.41, 5.74) is 6.84. The van der Waals surface area contributed by atoms with Gasteiger partial charge in [-0.15, -0.1) is 0 Å². The number of hydrogen-bond acceptors (Lipinski definition) is 4. The minimum atomic E-state index is -0.0760. The smallest absolute Gasteiger partial charge is 0.138 e. The lowest BCUT2D eigenvalue weighted by atomic mass is 9.95. The molecule has 4 nitrogen and oxygen atoms in total. The van der Waals surface area contributed by atoms with Crippen molar-refractivity contribution >= 4 is 11.6 Å². The van der Waals surface area contributed by atoms with E-state index in [0.717, 1.165) is 23.1 Å². The monoisotopic (exact) mass is 234 g/mol. The predicted molar refractivity (Wildman–Crippen MR) is 71.1 cm³/mol. The zero-order valence-electron chi connectivity index (χ0n) is 11.3. The minimum absolute atomic E-state index is 0.0760. The van der Waals surface area contributed by atoms with Crippen LogP contribution >= 0.6 is 0 Å². The van der Waals surface area contributed by atoms with E-state index in [1.165, 1.54) is 6.42 Å². The average Bonchev–Trinajstić information content (AvgIpc) is 2.87. The standard InChI is InChI=1S/C13H22N4/c1-7-6-9(7)15-11-8(2)10(14)16-12(17-11)13(3,4)5/h7,9H,6H2,1-5H3,(H3,14,15,16,17). The number of nitrogen functional groups attached to an aromatic ring is 1. The molecule has 0 bridgehead atoms. The second-order valence-corrected chi connectivity index (χ2v) is 6.12. The highest BCUT2D eigenvalue weighted by molar-refractivity contribution is 5.56. The highest BCUT2D eigenvalue weighted by Crippen LogP contribution is 2.34. The van der Waals surface area contributed by atoms with Crippen molar-refractivity contribution in [1.29, 1.82) is 0 Å². The van der Waals surface area contributed by atoms with Crippen molar-refractivity contribution in [3.05, 3.63) is 11.4 Å². The number of nitrogens with two attached hydrogens (primary N) is 1. The first-order chi connectivity index (χ1) is 7.79. The molecule has 2 rings (SSSR count). The third-order valence-corrected chi connectivity index (χ3v) is 3.29. The summed E-state index contributed by atoms with van der Waals surface area (Å²) < 4.78 is 0. The van der Waals surface area contributed by atoms with Gasteiger partial charge in [0.15, 0.2) is 0 Å². The fourth-order valence-corrected chi connectivity index (χ4v) is 1.71. The lowest BCUT2D eigenvalue weighted by molar-refractivity contribution is 0.546. The van der Waals surface area contributed by atoms with Crippen LogP contribution in [0.15, 0.2) is 0 Å². The van der Waals surface area contributed by atoms with E-state index in [1.807, 2.05) is 6.92 Å². The Balaban J connectivity index is 2.33. The van der Waals surface area contributed by atoms with E-state index in [-0.39, 0.29) is 5.41 Å². The zero-order chi connectivity index (χ0) is 12.8. The van der Waals surface area contributed by atoms with Gasteiger partial charge < -0.3 is 11.1 Å². The predicted octanol–water partition coefficient (Wildman–Crippen LogP) is 2.49. The first kappa shape index (κ1) is 12.1. The van der Waals surface area contributed by atoms with Crippen LogP contribution in [0.3, 0.4) is 0 Å². The maximum Gasteiger partial charge on any atom is 0.138 e. The van der Waals surface area contributed by atoms with Crippen molar-refractivity contribution in [3.63, 3.8) is 0 Å². The molecule has 1 aliphatic carbocycles. The molecule has 1 aromatic rings. The Morgan fingerprint density at radius 2 is 1.88 bits per heavy atom. The van der Waals surface area contributed by atoms with Gasteiger partial charge in [-0.05, 0) is 19.3 Å². The molecule has 1 aromatic heterocycles. The van der Waals surface area contributed by atoms with Crippen molar-refractivity contribution in [2.75, 3.05) is 11.1 Å². The maximum atomic E-state index is 5.96. The molecule has 2 unspecified atom stereocenters. The molecule has 94 valence electrons. The van der Waals surface area contributed by atoms with Crippen molar-refractivity contribution in [3.8, 4) is 0 Å². The Kier molecular flexibility index (Phi) is 2.76. The summed E-state index contributed by atoms with van der Waals surface area (Å²) in [4.78, 5) is 8.99. The summed E-state index contributed by atoms with van der Waals surface area (Å²) >= 11 is 0. The molecule has 1 heterocycles. The normalized spacial score (nSPS) is 23.6. The van der Waals surface area contributed by atoms with Crippen LogP contribution in [0.4, 0.5) is 11.6 Å². The molecule has 3 N–H and O–H groups in total. The van der Waals surface area contributed by atoms with E-state index < -0.39 is 0 Å². The van der Waals surface area contributed by atoms with Gasteiger partial charge >= 0.3 is 0 Å². The van der Waals surface area contributed by atoms with E-state index in [1.54, 1.807) is 0 Å². The topological polar surface area (TPSA) is 63.8 Å². The van der Waals surface area contributed by atoms with E-state index in [9.17, 15) is 0 Å². The Morgan fingerprint density at radius 1 is 1.29 bits per heavy atom. The SMILES string of the molecule is Cc1c(N)nc(C(C)(C)C)nc1NC1CC1C. The van der Waals surface area contributed by atoms with Gasteiger partial charge in [-0.2, -0.15) is 0 Å². The molecule has 0 aliphatic heterocycles. The summed E-state index contributed by atoms with van der Waals surface area (Å²) in [6.07, 6.45) is 1.22. The molecular weight excluding hydrogens is 212 g/mol. The third-order valence-electron chi connectivity index (χ3n) is 3.29. The molecule has 0 spiro atoms. The van der Waals surface area contributed by atoms with Gasteiger partial charge in [-0.3, -0.25) is 0 Å². The number of anilines is 2. The molecule has 1 fully saturated rings. The van der Waals surface area contributed by atoms with Crippen LogP contribution in [0.5, 0.6) is 0 Å². The van der Waals surface area contributed by atoms with Crippen LogP contribution in [0, 0.1) is 12.8 Å². The Bertz CT molecular complexity index is 434. The first-order valence-electron chi connectivity index (χ1n) is 6.20. The second kappa shape index (κ2) is 3.86. The Morgan fingerprint density at radius 3 is 2.35 bits per heavy atom. The summed E-state index contributed by atoms with van der Waals surface area (Å²) in [7, 11) is 0. The molecule has 0 amide bonds. The van der Waals surface area contributed by atoms with Gasteiger partial charge in [0, 0.05) is 17.0 Å². The van der Waals surface area contributed by atoms with Crippen LogP contribution in [0.1, 0.15) is 45.5 Å². The van der Waals surface area contributed by atoms with Crippen LogP contribution in [-0.2, 0) is 5.41 Å². The molecule has 4 heteroatoms. The molecular formula is C13H22N4. The van der Waals surface area contributed by atoms with Crippen molar-refractivity contribution < 1.29 is 0 Å². The average molecular weight is 234 g/mol. The number of hydrogen-bond donors (Lipinski definition) is 2. The van der Waals surface area contributed by atoms with Gasteiger partial charge in [0.05, 0.1) is 0 Å². The largest absolute Gasteiger partial charge is 0.383 e. The lowest BCUT2D eigenvalue weighted by Crippen LogP contribution is -2.20. The van der Waals surface area contributed by atoms with E-state index in [0.29, 0.717) is 11.9 Å². The number of nitrogens with one attached hydrogen (secondary N) is 1. The quantitative estimate of drug-likeness (QED) is 0.825. The fourth-order valence-electron chi connectivity index (χ4n) is 1.71. The third kappa shape index (κ3) is 2.51. The van der Waals surface area contributed by atoms with Gasteiger partial charge in [-0.1, -0.05) is 27.7 Å². The summed E-state index contributed by atoms with van der Waals surface area (Å²) in [5.74, 6) is 3.03. The highest BCUT2D eigenvalue weighted by atomic mass is 15.1. The Hall–Kier alpha value is -1.32. The Labute approximate surface area is 103 Å². The van der Waals surface area contributed by atoms with Crippen LogP contribution in [0.25, 0.3) is 0 Å². The van der Waals surface area contributed by atoms with E-state index in [2.05, 4.69) is 43.0 Å². The molecule has 0 saturated heterocycles. The van der Waals surface area contributed by atoms with Crippen molar-refractivity contribution in [1.82, 2.24) is 9.97 Å².